The first kappa shape index (κ1) is 20.5. The Labute approximate surface area is 188 Å². The Kier molecular flexibility index (Phi) is 5.98. The van der Waals surface area contributed by atoms with E-state index in [1.54, 1.807) is 0 Å². The zero-order valence-electron chi connectivity index (χ0n) is 18.2. The van der Waals surface area contributed by atoms with Gasteiger partial charge >= 0.3 is 0 Å². The predicted molar refractivity (Wildman–Crippen MR) is 129 cm³/mol. The molecule has 0 saturated carbocycles. The van der Waals surface area contributed by atoms with Gasteiger partial charge in [-0.2, -0.15) is 4.98 Å². The highest BCUT2D eigenvalue weighted by Crippen LogP contribution is 2.31. The first-order valence-corrected chi connectivity index (χ1v) is 11.4. The molecule has 1 aliphatic heterocycles. The molecule has 3 heterocycles. The molecule has 0 amide bonds. The molecule has 0 bridgehead atoms. The van der Waals surface area contributed by atoms with Gasteiger partial charge in [0.2, 0.25) is 5.95 Å². The molecule has 0 radical (unpaired) electrons. The number of nitrogens with one attached hydrogen (secondary N) is 1. The van der Waals surface area contributed by atoms with Crippen molar-refractivity contribution in [1.29, 1.82) is 0 Å². The monoisotopic (exact) mass is 427 g/mol. The molecule has 2 aromatic carbocycles. The number of nitrogen functional groups attached to an aromatic ring is 1. The maximum Gasteiger partial charge on any atom is 0.225 e. The van der Waals surface area contributed by atoms with Gasteiger partial charge in [0.05, 0.1) is 17.6 Å². The van der Waals surface area contributed by atoms with Crippen molar-refractivity contribution < 1.29 is 0 Å². The Hall–Kier alpha value is -3.45. The summed E-state index contributed by atoms with van der Waals surface area (Å²) in [5, 5.41) is 8.96. The van der Waals surface area contributed by atoms with Crippen molar-refractivity contribution in [2.75, 3.05) is 37.2 Å². The van der Waals surface area contributed by atoms with Crippen molar-refractivity contribution in [1.82, 2.24) is 24.6 Å². The fraction of sp³-hybridized carbons (Fsp3) is 0.320. The first-order chi connectivity index (χ1) is 15.8. The Morgan fingerprint density at radius 1 is 0.875 bits per heavy atom. The number of hydrogen-bond acceptors (Lipinski definition) is 6. The molecule has 2 aromatic heterocycles. The summed E-state index contributed by atoms with van der Waals surface area (Å²) >= 11 is 0. The third-order valence-electron chi connectivity index (χ3n) is 6.02. The number of nitrogens with two attached hydrogens (primary N) is 1. The molecule has 0 atom stereocenters. The van der Waals surface area contributed by atoms with Crippen molar-refractivity contribution in [3.63, 3.8) is 0 Å². The third kappa shape index (κ3) is 4.43. The van der Waals surface area contributed by atoms with Gasteiger partial charge in [-0.15, -0.1) is 5.10 Å². The molecule has 3 N–H and O–H groups in total. The van der Waals surface area contributed by atoms with Crippen LogP contribution in [0.3, 0.4) is 0 Å². The van der Waals surface area contributed by atoms with Gasteiger partial charge in [-0.1, -0.05) is 67.1 Å². The van der Waals surface area contributed by atoms with E-state index in [-0.39, 0.29) is 0 Å². The maximum atomic E-state index is 6.57. The minimum Gasteiger partial charge on any atom is -0.383 e. The number of benzene rings is 2. The van der Waals surface area contributed by atoms with E-state index in [1.807, 2.05) is 53.2 Å². The molecule has 4 aromatic rings. The predicted octanol–water partition coefficient (Wildman–Crippen LogP) is 4.02. The second kappa shape index (κ2) is 9.36. The van der Waals surface area contributed by atoms with Gasteiger partial charge in [0.1, 0.15) is 5.82 Å². The number of piperidine rings is 1. The number of nitrogens with zero attached hydrogens (tertiary/aromatic N) is 5. The highest BCUT2D eigenvalue weighted by atomic mass is 15.3. The highest BCUT2D eigenvalue weighted by Gasteiger charge is 2.18. The Balaban J connectivity index is 1.47. The van der Waals surface area contributed by atoms with Crippen LogP contribution < -0.4 is 11.1 Å². The number of hydrogen-bond donors (Lipinski definition) is 2. The lowest BCUT2D eigenvalue weighted by molar-refractivity contribution is 0.237. The molecule has 5 rings (SSSR count). The van der Waals surface area contributed by atoms with E-state index in [4.69, 9.17) is 20.8 Å². The molecule has 1 aliphatic rings. The summed E-state index contributed by atoms with van der Waals surface area (Å²) in [4.78, 5) is 12.1. The van der Waals surface area contributed by atoms with Crippen LogP contribution in [0, 0.1) is 0 Å². The largest absolute Gasteiger partial charge is 0.383 e. The highest BCUT2D eigenvalue weighted by molar-refractivity contribution is 5.98. The number of aromatic nitrogens is 4. The first-order valence-electron chi connectivity index (χ1n) is 11.4. The summed E-state index contributed by atoms with van der Waals surface area (Å²) in [6.45, 7) is 4.75. The van der Waals surface area contributed by atoms with Gasteiger partial charge < -0.3 is 16.0 Å². The van der Waals surface area contributed by atoms with Gasteiger partial charge in [0.15, 0.2) is 5.65 Å². The summed E-state index contributed by atoms with van der Waals surface area (Å²) in [5.41, 5.74) is 10.1. The van der Waals surface area contributed by atoms with E-state index in [2.05, 4.69) is 22.3 Å². The van der Waals surface area contributed by atoms with E-state index in [1.165, 1.54) is 32.4 Å². The van der Waals surface area contributed by atoms with E-state index in [0.29, 0.717) is 24.0 Å². The van der Waals surface area contributed by atoms with Crippen LogP contribution in [0.5, 0.6) is 0 Å². The average Bonchev–Trinajstić information content (AvgIpc) is 3.15. The van der Waals surface area contributed by atoms with Crippen molar-refractivity contribution in [2.24, 2.45) is 0 Å². The van der Waals surface area contributed by atoms with E-state index >= 15 is 0 Å². The quantitative estimate of drug-likeness (QED) is 0.463. The van der Waals surface area contributed by atoms with Crippen molar-refractivity contribution >= 4 is 22.8 Å². The zero-order chi connectivity index (χ0) is 21.8. The number of likely N-dealkylation sites (tertiary alicyclic amines) is 1. The van der Waals surface area contributed by atoms with Crippen LogP contribution in [0.25, 0.3) is 22.3 Å². The lowest BCUT2D eigenvalue weighted by Gasteiger charge is -2.26. The Bertz CT molecular complexity index is 1170. The molecule has 0 aliphatic carbocycles. The van der Waals surface area contributed by atoms with Gasteiger partial charge in [-0.3, -0.25) is 0 Å². The summed E-state index contributed by atoms with van der Waals surface area (Å²) in [5.74, 6) is 1.18. The summed E-state index contributed by atoms with van der Waals surface area (Å²) in [7, 11) is 0. The SMILES string of the molecule is Nc1c2c(-c3ccccc3)nc(NCCN3CCCCC3)nc2nn1Cc1ccccc1. The molecule has 164 valence electrons. The Morgan fingerprint density at radius 3 is 2.34 bits per heavy atom. The average molecular weight is 428 g/mol. The molecule has 0 unspecified atom stereocenters. The third-order valence-corrected chi connectivity index (χ3v) is 6.02. The Morgan fingerprint density at radius 2 is 1.59 bits per heavy atom. The minimum absolute atomic E-state index is 0.586. The fourth-order valence-corrected chi connectivity index (χ4v) is 4.32. The van der Waals surface area contributed by atoms with Crippen molar-refractivity contribution in [3.8, 4) is 11.3 Å². The van der Waals surface area contributed by atoms with Crippen molar-refractivity contribution in [2.45, 2.75) is 25.8 Å². The fourth-order valence-electron chi connectivity index (χ4n) is 4.32. The topological polar surface area (TPSA) is 84.9 Å². The second-order valence-electron chi connectivity index (χ2n) is 8.32. The lowest BCUT2D eigenvalue weighted by atomic mass is 10.1. The van der Waals surface area contributed by atoms with E-state index in [0.717, 1.165) is 35.3 Å². The van der Waals surface area contributed by atoms with E-state index < -0.39 is 0 Å². The van der Waals surface area contributed by atoms with Crippen LogP contribution in [-0.4, -0.2) is 50.8 Å². The maximum absolute atomic E-state index is 6.57. The molecule has 1 fully saturated rings. The number of anilines is 2. The molecule has 0 spiro atoms. The number of fused-ring (bicyclic) bond motifs is 1. The summed E-state index contributed by atoms with van der Waals surface area (Å²) < 4.78 is 1.82. The van der Waals surface area contributed by atoms with Crippen LogP contribution in [0.15, 0.2) is 60.7 Å². The van der Waals surface area contributed by atoms with E-state index in [9.17, 15) is 0 Å². The van der Waals surface area contributed by atoms with Crippen LogP contribution in [0.4, 0.5) is 11.8 Å². The standard InChI is InChI=1S/C25H29N7/c26-23-21-22(20-12-6-2-7-13-20)28-25(27-14-17-31-15-8-3-9-16-31)29-24(21)30-32(23)18-19-10-4-1-5-11-19/h1-2,4-7,10-13H,3,8-9,14-18,26H2,(H,27,29,30). The van der Waals surface area contributed by atoms with Crippen LogP contribution in [-0.2, 0) is 6.54 Å². The van der Waals surface area contributed by atoms with Gasteiger partial charge in [-0.25, -0.2) is 9.67 Å². The molecule has 32 heavy (non-hydrogen) atoms. The zero-order valence-corrected chi connectivity index (χ0v) is 18.2. The molecule has 7 heteroatoms. The smallest absolute Gasteiger partial charge is 0.225 e. The van der Waals surface area contributed by atoms with Gasteiger partial charge in [0.25, 0.3) is 0 Å². The van der Waals surface area contributed by atoms with Crippen LogP contribution in [0.1, 0.15) is 24.8 Å². The van der Waals surface area contributed by atoms with Gasteiger partial charge in [-0.05, 0) is 31.5 Å². The lowest BCUT2D eigenvalue weighted by Crippen LogP contribution is -2.33. The van der Waals surface area contributed by atoms with Crippen LogP contribution >= 0.6 is 0 Å². The number of rotatable bonds is 7. The summed E-state index contributed by atoms with van der Waals surface area (Å²) in [6.07, 6.45) is 3.93. The summed E-state index contributed by atoms with van der Waals surface area (Å²) in [6, 6.07) is 20.3. The van der Waals surface area contributed by atoms with Gasteiger partial charge in [0, 0.05) is 18.7 Å². The molecular formula is C25H29N7. The second-order valence-corrected chi connectivity index (χ2v) is 8.32. The molecular weight excluding hydrogens is 398 g/mol. The van der Waals surface area contributed by atoms with Crippen molar-refractivity contribution in [3.05, 3.63) is 66.2 Å². The molecule has 1 saturated heterocycles. The normalized spacial score (nSPS) is 14.6. The molecule has 7 nitrogen and oxygen atoms in total. The minimum atomic E-state index is 0.586. The van der Waals surface area contributed by atoms with Crippen LogP contribution in [0.2, 0.25) is 0 Å².